The van der Waals surface area contributed by atoms with E-state index in [-0.39, 0.29) is 6.04 Å². The second-order valence-corrected chi connectivity index (χ2v) is 6.25. The molecule has 1 atom stereocenters. The third-order valence-corrected chi connectivity index (χ3v) is 4.16. The molecule has 1 aromatic carbocycles. The van der Waals surface area contributed by atoms with Crippen molar-refractivity contribution < 1.29 is 4.42 Å². The number of benzene rings is 1. The number of oxazole rings is 1. The predicted octanol–water partition coefficient (Wildman–Crippen LogP) is 4.53. The van der Waals surface area contributed by atoms with E-state index in [1.165, 1.54) is 0 Å². The number of anilines is 1. The number of nitrogens with zero attached hydrogens (tertiary/aromatic N) is 2. The topological polar surface area (TPSA) is 51.0 Å². The number of aryl methyl sites for hydroxylation is 1. The molecule has 6 heteroatoms. The molecular formula is C13H12BrN3OS. The Bertz CT molecular complexity index is 722. The highest BCUT2D eigenvalue weighted by Crippen LogP contribution is 2.30. The highest BCUT2D eigenvalue weighted by Gasteiger charge is 2.13. The van der Waals surface area contributed by atoms with E-state index in [0.29, 0.717) is 5.89 Å². The zero-order valence-electron chi connectivity index (χ0n) is 10.5. The molecule has 0 radical (unpaired) electrons. The third-order valence-electron chi connectivity index (χ3n) is 2.70. The molecule has 0 saturated heterocycles. The second kappa shape index (κ2) is 4.94. The molecule has 0 amide bonds. The standard InChI is InChI=1S/C13H12BrN3OS/c1-7-6-15-12(18-7)8(2)16-13-17-10-5-9(14)3-4-11(10)19-13/h3-6,8H,1-2H3,(H,16,17). The number of aromatic nitrogens is 2. The third kappa shape index (κ3) is 2.64. The molecule has 4 nitrogen and oxygen atoms in total. The van der Waals surface area contributed by atoms with E-state index >= 15 is 0 Å². The van der Waals surface area contributed by atoms with Gasteiger partial charge < -0.3 is 9.73 Å². The van der Waals surface area contributed by atoms with Crippen molar-refractivity contribution in [2.75, 3.05) is 5.32 Å². The summed E-state index contributed by atoms with van der Waals surface area (Å²) in [4.78, 5) is 8.77. The normalized spacial score (nSPS) is 12.8. The van der Waals surface area contributed by atoms with E-state index in [0.717, 1.165) is 25.6 Å². The maximum atomic E-state index is 5.51. The molecule has 2 aromatic heterocycles. The second-order valence-electron chi connectivity index (χ2n) is 4.31. The molecule has 0 aliphatic carbocycles. The van der Waals surface area contributed by atoms with Crippen LogP contribution in [0.25, 0.3) is 10.2 Å². The van der Waals surface area contributed by atoms with E-state index in [9.17, 15) is 0 Å². The lowest BCUT2D eigenvalue weighted by atomic mass is 10.3. The molecule has 0 fully saturated rings. The lowest BCUT2D eigenvalue weighted by molar-refractivity contribution is 0.453. The fourth-order valence-electron chi connectivity index (χ4n) is 1.78. The van der Waals surface area contributed by atoms with E-state index in [1.807, 2.05) is 26.0 Å². The van der Waals surface area contributed by atoms with Crippen LogP contribution < -0.4 is 5.32 Å². The Morgan fingerprint density at radius 3 is 3.00 bits per heavy atom. The van der Waals surface area contributed by atoms with Crippen molar-refractivity contribution in [1.29, 1.82) is 0 Å². The van der Waals surface area contributed by atoms with Crippen LogP contribution >= 0.6 is 27.3 Å². The fraction of sp³-hybridized carbons (Fsp3) is 0.231. The Kier molecular flexibility index (Phi) is 3.28. The summed E-state index contributed by atoms with van der Waals surface area (Å²) in [6, 6.07) is 6.09. The van der Waals surface area contributed by atoms with E-state index in [4.69, 9.17) is 4.42 Å². The number of halogens is 1. The van der Waals surface area contributed by atoms with Crippen LogP contribution in [0.1, 0.15) is 24.6 Å². The molecule has 3 aromatic rings. The zero-order valence-corrected chi connectivity index (χ0v) is 12.9. The minimum absolute atomic E-state index is 0.00213. The summed E-state index contributed by atoms with van der Waals surface area (Å²) in [7, 11) is 0. The summed E-state index contributed by atoms with van der Waals surface area (Å²) >= 11 is 5.07. The molecule has 0 bridgehead atoms. The Morgan fingerprint density at radius 1 is 1.42 bits per heavy atom. The summed E-state index contributed by atoms with van der Waals surface area (Å²) in [5.41, 5.74) is 0.984. The van der Waals surface area contributed by atoms with Crippen molar-refractivity contribution in [1.82, 2.24) is 9.97 Å². The molecule has 0 aliphatic heterocycles. The summed E-state index contributed by atoms with van der Waals surface area (Å²) in [6.07, 6.45) is 1.73. The molecule has 1 unspecified atom stereocenters. The summed E-state index contributed by atoms with van der Waals surface area (Å²) in [5.74, 6) is 1.50. The van der Waals surface area contributed by atoms with Gasteiger partial charge in [0.1, 0.15) is 11.8 Å². The van der Waals surface area contributed by atoms with E-state index < -0.39 is 0 Å². The van der Waals surface area contributed by atoms with Gasteiger partial charge in [-0.2, -0.15) is 0 Å². The van der Waals surface area contributed by atoms with Gasteiger partial charge in [0.2, 0.25) is 5.89 Å². The molecule has 2 heterocycles. The van der Waals surface area contributed by atoms with Crippen molar-refractivity contribution in [3.63, 3.8) is 0 Å². The van der Waals surface area contributed by atoms with Crippen LogP contribution in [-0.4, -0.2) is 9.97 Å². The molecule has 0 aliphatic rings. The molecular weight excluding hydrogens is 326 g/mol. The lowest BCUT2D eigenvalue weighted by Gasteiger charge is -2.07. The van der Waals surface area contributed by atoms with Crippen LogP contribution in [0.3, 0.4) is 0 Å². The first-order valence-electron chi connectivity index (χ1n) is 5.87. The van der Waals surface area contributed by atoms with Crippen LogP contribution in [0.4, 0.5) is 5.13 Å². The number of thiazole rings is 1. The largest absolute Gasteiger partial charge is 0.444 e. The first-order chi connectivity index (χ1) is 9.11. The number of fused-ring (bicyclic) bond motifs is 1. The number of hydrogen-bond donors (Lipinski definition) is 1. The Hall–Kier alpha value is -1.40. The number of rotatable bonds is 3. The number of nitrogens with one attached hydrogen (secondary N) is 1. The van der Waals surface area contributed by atoms with E-state index in [2.05, 4.69) is 37.3 Å². The fourth-order valence-corrected chi connectivity index (χ4v) is 3.06. The van der Waals surface area contributed by atoms with Crippen LogP contribution in [0, 0.1) is 6.92 Å². The van der Waals surface area contributed by atoms with Crippen LogP contribution in [0.15, 0.2) is 33.3 Å². The minimum Gasteiger partial charge on any atom is -0.444 e. The van der Waals surface area contributed by atoms with Gasteiger partial charge in [0.15, 0.2) is 5.13 Å². The minimum atomic E-state index is -0.00213. The van der Waals surface area contributed by atoms with Crippen molar-refractivity contribution in [3.05, 3.63) is 40.5 Å². The molecule has 1 N–H and O–H groups in total. The van der Waals surface area contributed by atoms with Gasteiger partial charge in [0, 0.05) is 4.47 Å². The van der Waals surface area contributed by atoms with Gasteiger partial charge in [-0.15, -0.1) is 0 Å². The highest BCUT2D eigenvalue weighted by molar-refractivity contribution is 9.10. The van der Waals surface area contributed by atoms with Crippen LogP contribution in [-0.2, 0) is 0 Å². The van der Waals surface area contributed by atoms with Crippen LogP contribution in [0.2, 0.25) is 0 Å². The van der Waals surface area contributed by atoms with Crippen molar-refractivity contribution >= 4 is 42.6 Å². The van der Waals surface area contributed by atoms with Gasteiger partial charge in [-0.1, -0.05) is 27.3 Å². The molecule has 3 rings (SSSR count). The highest BCUT2D eigenvalue weighted by atomic mass is 79.9. The smallest absolute Gasteiger partial charge is 0.216 e. The maximum Gasteiger partial charge on any atom is 0.216 e. The quantitative estimate of drug-likeness (QED) is 0.762. The van der Waals surface area contributed by atoms with E-state index in [1.54, 1.807) is 17.5 Å². The molecule has 19 heavy (non-hydrogen) atoms. The zero-order chi connectivity index (χ0) is 13.4. The SMILES string of the molecule is Cc1cnc(C(C)Nc2nc3cc(Br)ccc3s2)o1. The Labute approximate surface area is 123 Å². The molecule has 0 saturated carbocycles. The molecule has 98 valence electrons. The van der Waals surface area contributed by atoms with Crippen molar-refractivity contribution in [3.8, 4) is 0 Å². The van der Waals surface area contributed by atoms with Gasteiger partial charge >= 0.3 is 0 Å². The lowest BCUT2D eigenvalue weighted by Crippen LogP contribution is -2.06. The van der Waals surface area contributed by atoms with Gasteiger partial charge in [0.05, 0.1) is 16.4 Å². The number of hydrogen-bond acceptors (Lipinski definition) is 5. The van der Waals surface area contributed by atoms with Gasteiger partial charge in [0.25, 0.3) is 0 Å². The van der Waals surface area contributed by atoms with Gasteiger partial charge in [-0.3, -0.25) is 0 Å². The van der Waals surface area contributed by atoms with Crippen molar-refractivity contribution in [2.45, 2.75) is 19.9 Å². The summed E-state index contributed by atoms with van der Waals surface area (Å²) in [5, 5.41) is 4.19. The Balaban J connectivity index is 1.85. The van der Waals surface area contributed by atoms with Gasteiger partial charge in [-0.05, 0) is 32.0 Å². The first-order valence-corrected chi connectivity index (χ1v) is 7.48. The maximum absolute atomic E-state index is 5.51. The van der Waals surface area contributed by atoms with Gasteiger partial charge in [-0.25, -0.2) is 9.97 Å². The predicted molar refractivity (Wildman–Crippen MR) is 80.6 cm³/mol. The van der Waals surface area contributed by atoms with Crippen LogP contribution in [0.5, 0.6) is 0 Å². The monoisotopic (exact) mass is 337 g/mol. The Morgan fingerprint density at radius 2 is 2.26 bits per heavy atom. The average molecular weight is 338 g/mol. The average Bonchev–Trinajstić information content (AvgIpc) is 2.94. The first kappa shape index (κ1) is 12.6. The summed E-state index contributed by atoms with van der Waals surface area (Å²) in [6.45, 7) is 3.89. The summed E-state index contributed by atoms with van der Waals surface area (Å²) < 4.78 is 7.70. The molecule has 0 spiro atoms. The van der Waals surface area contributed by atoms with Crippen molar-refractivity contribution in [2.24, 2.45) is 0 Å².